The normalized spacial score (nSPS) is 56.9. The molecule has 16 nitrogen and oxygen atoms in total. The van der Waals surface area contributed by atoms with Crippen LogP contribution >= 0.6 is 0 Å². The molecule has 13 N–H and O–H groups in total. The Labute approximate surface area is 192 Å². The lowest BCUT2D eigenvalue weighted by molar-refractivity contribution is -0.403. The highest BCUT2D eigenvalue weighted by atomic mass is 16.7. The van der Waals surface area contributed by atoms with Gasteiger partial charge in [0, 0.05) is 0 Å². The third-order valence-electron chi connectivity index (χ3n) is 6.78. The third kappa shape index (κ3) is 4.26. The molecule has 16 heteroatoms. The molecular formula is C18H32O16. The maximum absolute atomic E-state index is 10.9. The van der Waals surface area contributed by atoms with E-state index in [2.05, 4.69) is 0 Å². The molecule has 0 radical (unpaired) electrons. The Morgan fingerprint density at radius 3 is 1.38 bits per heavy atom. The minimum atomic E-state index is -2.96. The van der Waals surface area contributed by atoms with E-state index in [1.54, 1.807) is 0 Å². The van der Waals surface area contributed by atoms with Gasteiger partial charge in [-0.15, -0.1) is 0 Å². The van der Waals surface area contributed by atoms with Crippen molar-refractivity contribution in [1.29, 1.82) is 0 Å². The fourth-order valence-electron chi connectivity index (χ4n) is 4.67. The third-order valence-corrected chi connectivity index (χ3v) is 6.78. The van der Waals surface area contributed by atoms with Crippen LogP contribution in [0.25, 0.3) is 0 Å². The van der Waals surface area contributed by atoms with Crippen LogP contribution in [0.5, 0.6) is 0 Å². The predicted molar refractivity (Wildman–Crippen MR) is 101 cm³/mol. The van der Waals surface area contributed by atoms with E-state index < -0.39 is 111 Å². The molecule has 0 spiro atoms. The van der Waals surface area contributed by atoms with Gasteiger partial charge in [0.05, 0.1) is 13.2 Å². The first-order valence-electron chi connectivity index (χ1n) is 10.5. The lowest BCUT2D eigenvalue weighted by atomic mass is 9.68. The summed E-state index contributed by atoms with van der Waals surface area (Å²) in [4.78, 5) is 0. The maximum Gasteiger partial charge on any atom is 0.187 e. The highest BCUT2D eigenvalue weighted by molar-refractivity contribution is 5.17. The zero-order valence-corrected chi connectivity index (χ0v) is 17.6. The number of hydrogen-bond acceptors (Lipinski definition) is 16. The van der Waals surface area contributed by atoms with Crippen molar-refractivity contribution in [3.05, 3.63) is 0 Å². The first-order valence-corrected chi connectivity index (χ1v) is 10.5. The van der Waals surface area contributed by atoms with Crippen LogP contribution in [0.4, 0.5) is 0 Å². The molecule has 4 unspecified atom stereocenters. The highest BCUT2D eigenvalue weighted by Crippen LogP contribution is 2.43. The molecule has 0 bridgehead atoms. The zero-order chi connectivity index (χ0) is 25.7. The quantitative estimate of drug-likeness (QED) is 0.165. The van der Waals surface area contributed by atoms with E-state index in [0.717, 1.165) is 0 Å². The minimum absolute atomic E-state index is 0.896. The van der Waals surface area contributed by atoms with Gasteiger partial charge in [0.1, 0.15) is 85.5 Å². The summed E-state index contributed by atoms with van der Waals surface area (Å²) in [6.07, 6.45) is -31.2. The van der Waals surface area contributed by atoms with Crippen molar-refractivity contribution in [2.24, 2.45) is 0 Å². The Balaban J connectivity index is 2.10. The van der Waals surface area contributed by atoms with Crippen molar-refractivity contribution in [3.63, 3.8) is 0 Å². The summed E-state index contributed by atoms with van der Waals surface area (Å²) in [5.74, 6) is 0. The van der Waals surface area contributed by atoms with Crippen LogP contribution in [-0.4, -0.2) is 177 Å². The largest absolute Gasteiger partial charge is 0.394 e. The minimum Gasteiger partial charge on any atom is -0.394 e. The monoisotopic (exact) mass is 504 g/mol. The van der Waals surface area contributed by atoms with Gasteiger partial charge in [0.15, 0.2) is 11.9 Å². The molecule has 3 aliphatic rings. The number of ether oxygens (including phenoxy) is 3. The van der Waals surface area contributed by atoms with Crippen molar-refractivity contribution in [1.82, 2.24) is 0 Å². The predicted octanol–water partition coefficient (Wildman–Crippen LogP) is -8.80. The van der Waals surface area contributed by atoms with Crippen LogP contribution in [-0.2, 0) is 14.2 Å². The number of hydrogen-bond donors (Lipinski definition) is 13. The van der Waals surface area contributed by atoms with E-state index in [-0.39, 0.29) is 0 Å². The van der Waals surface area contributed by atoms with E-state index in [4.69, 9.17) is 14.2 Å². The van der Waals surface area contributed by atoms with Crippen molar-refractivity contribution < 1.29 is 80.6 Å². The Hall–Kier alpha value is -0.640. The van der Waals surface area contributed by atoms with Gasteiger partial charge >= 0.3 is 0 Å². The number of aliphatic hydroxyl groups is 13. The molecule has 2 saturated heterocycles. The van der Waals surface area contributed by atoms with Crippen molar-refractivity contribution in [2.75, 3.05) is 13.2 Å². The summed E-state index contributed by atoms with van der Waals surface area (Å²) >= 11 is 0. The zero-order valence-electron chi connectivity index (χ0n) is 17.6. The van der Waals surface area contributed by atoms with Gasteiger partial charge in [-0.05, 0) is 0 Å². The lowest BCUT2D eigenvalue weighted by Gasteiger charge is -2.58. The summed E-state index contributed by atoms with van der Waals surface area (Å²) in [7, 11) is 0. The Morgan fingerprint density at radius 2 is 0.912 bits per heavy atom. The second-order valence-electron chi connectivity index (χ2n) is 8.78. The molecule has 200 valence electrons. The molecule has 0 aromatic heterocycles. The Morgan fingerprint density at radius 1 is 0.500 bits per heavy atom. The van der Waals surface area contributed by atoms with Crippen LogP contribution < -0.4 is 0 Å². The standard InChI is InChI=1S/C18H32O16/c19-1-3-5(21)7(23)12(28)16(32-3)18(14(30)10(26)9(25)11(27)15(18)31)34-17-13(29)8(24)6(22)4(2-20)33-17/h3-17,19-31H,1-2H2/t3-,4-,5+,6+,7+,8+,9?,10-,11+,12-,13-,14-,15-,16?,17?,18?/m1/s1. The fourth-order valence-corrected chi connectivity index (χ4v) is 4.67. The first-order chi connectivity index (χ1) is 15.8. The summed E-state index contributed by atoms with van der Waals surface area (Å²) in [6.45, 7) is -1.84. The van der Waals surface area contributed by atoms with Gasteiger partial charge in [0.25, 0.3) is 0 Å². The molecule has 34 heavy (non-hydrogen) atoms. The number of rotatable bonds is 5. The van der Waals surface area contributed by atoms with Gasteiger partial charge in [-0.2, -0.15) is 0 Å². The van der Waals surface area contributed by atoms with Gasteiger partial charge in [-0.25, -0.2) is 0 Å². The van der Waals surface area contributed by atoms with Crippen molar-refractivity contribution in [3.8, 4) is 0 Å². The van der Waals surface area contributed by atoms with Crippen LogP contribution in [0.2, 0.25) is 0 Å². The average molecular weight is 504 g/mol. The van der Waals surface area contributed by atoms with Crippen LogP contribution in [0.1, 0.15) is 0 Å². The van der Waals surface area contributed by atoms with Crippen LogP contribution in [0.15, 0.2) is 0 Å². The Bertz CT molecular complexity index is 662. The molecule has 0 amide bonds. The van der Waals surface area contributed by atoms with Gasteiger partial charge in [-0.1, -0.05) is 0 Å². The van der Waals surface area contributed by atoms with E-state index in [9.17, 15) is 66.4 Å². The fraction of sp³-hybridized carbons (Fsp3) is 1.00. The summed E-state index contributed by atoms with van der Waals surface area (Å²) in [6, 6.07) is 0. The molecular weight excluding hydrogens is 472 g/mol. The second-order valence-corrected chi connectivity index (χ2v) is 8.78. The van der Waals surface area contributed by atoms with E-state index in [1.807, 2.05) is 0 Å². The van der Waals surface area contributed by atoms with Crippen LogP contribution in [0, 0.1) is 0 Å². The molecule has 16 atom stereocenters. The van der Waals surface area contributed by atoms with Crippen LogP contribution in [0.3, 0.4) is 0 Å². The SMILES string of the molecule is OC[C@H]1OC(OC2(C3O[C@H](CO)[C@H](O)[C@H](O)[C@H]3O)[C@H](O)[C@H](O)C(O)[C@H](O)[C@H]2O)[C@H](O)[C@@H](O)[C@H]1O. The van der Waals surface area contributed by atoms with Gasteiger partial charge < -0.3 is 80.6 Å². The molecule has 3 fully saturated rings. The lowest BCUT2D eigenvalue weighted by Crippen LogP contribution is -2.81. The topological polar surface area (TPSA) is 291 Å². The van der Waals surface area contributed by atoms with E-state index >= 15 is 0 Å². The molecule has 0 aromatic rings. The molecule has 2 aliphatic heterocycles. The van der Waals surface area contributed by atoms with E-state index in [0.29, 0.717) is 0 Å². The van der Waals surface area contributed by atoms with Crippen molar-refractivity contribution >= 4 is 0 Å². The Kier molecular flexibility index (Phi) is 8.53. The van der Waals surface area contributed by atoms with Gasteiger partial charge in [0.2, 0.25) is 0 Å². The molecule has 1 saturated carbocycles. The smallest absolute Gasteiger partial charge is 0.187 e. The maximum atomic E-state index is 10.9. The molecule has 2 heterocycles. The summed E-state index contributed by atoms with van der Waals surface area (Å²) in [5, 5.41) is 133. The first kappa shape index (κ1) is 27.9. The number of aliphatic hydroxyl groups excluding tert-OH is 13. The van der Waals surface area contributed by atoms with E-state index in [1.165, 1.54) is 0 Å². The molecule has 1 aliphatic carbocycles. The molecule has 3 rings (SSSR count). The van der Waals surface area contributed by atoms with Crippen molar-refractivity contribution in [2.45, 2.75) is 97.3 Å². The average Bonchev–Trinajstić information content (AvgIpc) is 2.83. The molecule has 0 aromatic carbocycles. The summed E-state index contributed by atoms with van der Waals surface area (Å²) in [5.41, 5.74) is -2.96. The second kappa shape index (κ2) is 10.4. The highest BCUT2D eigenvalue weighted by Gasteiger charge is 2.68. The van der Waals surface area contributed by atoms with Gasteiger partial charge in [-0.3, -0.25) is 0 Å². The summed E-state index contributed by atoms with van der Waals surface area (Å²) < 4.78 is 16.1.